The monoisotopic (exact) mass is 455 g/mol. The first kappa shape index (κ1) is 23.9. The first-order valence-electron chi connectivity index (χ1n) is 9.14. The molecule has 1 heterocycles. The van der Waals surface area contributed by atoms with Gasteiger partial charge in [-0.05, 0) is 46.3 Å². The second-order valence-electron chi connectivity index (χ2n) is 6.22. The van der Waals surface area contributed by atoms with Crippen molar-refractivity contribution in [1.82, 2.24) is 20.4 Å². The molecule has 1 atom stereocenters. The van der Waals surface area contributed by atoms with Crippen LogP contribution >= 0.6 is 24.0 Å². The first-order valence-corrected chi connectivity index (χ1v) is 9.14. The Labute approximate surface area is 165 Å². The van der Waals surface area contributed by atoms with Gasteiger partial charge in [0.2, 0.25) is 0 Å². The number of likely N-dealkylation sites (tertiary alicyclic amines) is 1. The number of nitrogens with one attached hydrogen (secondary N) is 2. The zero-order chi connectivity index (χ0) is 16.9. The van der Waals surface area contributed by atoms with Crippen molar-refractivity contribution in [2.75, 3.05) is 66.6 Å². The number of aliphatic imine (C=N–C) groups is 1. The quantitative estimate of drug-likeness (QED) is 0.215. The Balaban J connectivity index is 0.00000529. The summed E-state index contributed by atoms with van der Waals surface area (Å²) in [6, 6.07) is 0.618. The van der Waals surface area contributed by atoms with Crippen LogP contribution in [-0.4, -0.2) is 88.4 Å². The van der Waals surface area contributed by atoms with Crippen LogP contribution in [0.5, 0.6) is 0 Å². The average Bonchev–Trinajstić information content (AvgIpc) is 3.00. The van der Waals surface area contributed by atoms with E-state index in [1.54, 1.807) is 7.11 Å². The van der Waals surface area contributed by atoms with Crippen molar-refractivity contribution in [3.63, 3.8) is 0 Å². The molecule has 0 spiro atoms. The molecule has 1 aliphatic rings. The molecule has 24 heavy (non-hydrogen) atoms. The summed E-state index contributed by atoms with van der Waals surface area (Å²) in [7, 11) is 3.91. The van der Waals surface area contributed by atoms with Crippen LogP contribution in [0.3, 0.4) is 0 Å². The number of hydrogen-bond acceptors (Lipinski definition) is 4. The lowest BCUT2D eigenvalue weighted by Crippen LogP contribution is -2.42. The summed E-state index contributed by atoms with van der Waals surface area (Å²) in [6.07, 6.45) is 3.67. The van der Waals surface area contributed by atoms with E-state index in [1.807, 2.05) is 0 Å². The highest BCUT2D eigenvalue weighted by atomic mass is 127. The molecule has 2 N–H and O–H groups in total. The molecule has 0 saturated carbocycles. The lowest BCUT2D eigenvalue weighted by molar-refractivity contribution is 0.180. The van der Waals surface area contributed by atoms with Crippen LogP contribution in [0.2, 0.25) is 0 Å². The van der Waals surface area contributed by atoms with Crippen molar-refractivity contribution in [3.8, 4) is 0 Å². The Kier molecular flexibility index (Phi) is 15.1. The van der Waals surface area contributed by atoms with Crippen LogP contribution in [0.15, 0.2) is 4.99 Å². The average molecular weight is 455 g/mol. The third-order valence-electron chi connectivity index (χ3n) is 4.38. The fourth-order valence-corrected chi connectivity index (χ4v) is 3.01. The molecule has 0 aromatic carbocycles. The Morgan fingerprint density at radius 3 is 2.75 bits per heavy atom. The molecule has 6 nitrogen and oxygen atoms in total. The third-order valence-corrected chi connectivity index (χ3v) is 4.38. The molecule has 0 aliphatic carbocycles. The molecular formula is C17H38IN5O. The second kappa shape index (κ2) is 15.2. The van der Waals surface area contributed by atoms with Gasteiger partial charge < -0.3 is 20.3 Å². The highest BCUT2D eigenvalue weighted by Gasteiger charge is 2.22. The van der Waals surface area contributed by atoms with E-state index < -0.39 is 0 Å². The Morgan fingerprint density at radius 2 is 2.08 bits per heavy atom. The minimum atomic E-state index is 0. The van der Waals surface area contributed by atoms with Crippen LogP contribution in [-0.2, 0) is 4.74 Å². The van der Waals surface area contributed by atoms with E-state index in [2.05, 4.69) is 41.3 Å². The van der Waals surface area contributed by atoms with E-state index in [4.69, 9.17) is 9.73 Å². The topological polar surface area (TPSA) is 52.1 Å². The van der Waals surface area contributed by atoms with Gasteiger partial charge in [0.15, 0.2) is 5.96 Å². The van der Waals surface area contributed by atoms with Crippen LogP contribution in [0.4, 0.5) is 0 Å². The van der Waals surface area contributed by atoms with Crippen LogP contribution in [0, 0.1) is 0 Å². The summed E-state index contributed by atoms with van der Waals surface area (Å²) in [5, 5.41) is 6.79. The highest BCUT2D eigenvalue weighted by Crippen LogP contribution is 2.16. The van der Waals surface area contributed by atoms with Gasteiger partial charge in [0.1, 0.15) is 0 Å². The van der Waals surface area contributed by atoms with Crippen molar-refractivity contribution in [3.05, 3.63) is 0 Å². The Bertz CT molecular complexity index is 330. The molecule has 1 aliphatic heterocycles. The molecule has 0 bridgehead atoms. The minimum absolute atomic E-state index is 0. The normalized spacial score (nSPS) is 18.7. The summed E-state index contributed by atoms with van der Waals surface area (Å²) in [5.41, 5.74) is 0. The van der Waals surface area contributed by atoms with Gasteiger partial charge in [-0.25, -0.2) is 0 Å². The van der Waals surface area contributed by atoms with Crippen LogP contribution in [0.1, 0.15) is 33.1 Å². The molecule has 0 amide bonds. The third kappa shape index (κ3) is 10.0. The van der Waals surface area contributed by atoms with E-state index in [0.717, 1.165) is 58.3 Å². The molecule has 1 fully saturated rings. The lowest BCUT2D eigenvalue weighted by Gasteiger charge is -2.22. The SMILES string of the molecule is CCNC(=NCC1CCCN1CC)NCCN(C)CCCOC.I. The minimum Gasteiger partial charge on any atom is -0.385 e. The van der Waals surface area contributed by atoms with Gasteiger partial charge in [-0.1, -0.05) is 6.92 Å². The molecule has 1 rings (SSSR count). The zero-order valence-corrected chi connectivity index (χ0v) is 18.3. The van der Waals surface area contributed by atoms with Gasteiger partial charge in [-0.2, -0.15) is 0 Å². The van der Waals surface area contributed by atoms with Gasteiger partial charge in [-0.3, -0.25) is 9.89 Å². The summed E-state index contributed by atoms with van der Waals surface area (Å²) in [4.78, 5) is 9.64. The largest absolute Gasteiger partial charge is 0.385 e. The van der Waals surface area contributed by atoms with Crippen molar-refractivity contribution >= 4 is 29.9 Å². The molecule has 7 heteroatoms. The second-order valence-corrected chi connectivity index (χ2v) is 6.22. The van der Waals surface area contributed by atoms with Crippen molar-refractivity contribution in [2.24, 2.45) is 4.99 Å². The summed E-state index contributed by atoms with van der Waals surface area (Å²) in [6.45, 7) is 12.3. The maximum Gasteiger partial charge on any atom is 0.191 e. The number of likely N-dealkylation sites (N-methyl/N-ethyl adjacent to an activating group) is 2. The molecule has 1 saturated heterocycles. The van der Waals surface area contributed by atoms with Crippen molar-refractivity contribution in [2.45, 2.75) is 39.2 Å². The number of guanidine groups is 1. The fraction of sp³-hybridized carbons (Fsp3) is 0.941. The van der Waals surface area contributed by atoms with Crippen molar-refractivity contribution in [1.29, 1.82) is 0 Å². The van der Waals surface area contributed by atoms with Gasteiger partial charge in [0.05, 0.1) is 6.54 Å². The number of hydrogen-bond donors (Lipinski definition) is 2. The molecule has 0 aromatic heterocycles. The Hall–Kier alpha value is -0.120. The summed E-state index contributed by atoms with van der Waals surface area (Å²) >= 11 is 0. The molecule has 1 unspecified atom stereocenters. The summed E-state index contributed by atoms with van der Waals surface area (Å²) < 4.78 is 5.09. The predicted octanol–water partition coefficient (Wildman–Crippen LogP) is 1.61. The number of rotatable bonds is 11. The van der Waals surface area contributed by atoms with Gasteiger partial charge in [-0.15, -0.1) is 24.0 Å². The first-order chi connectivity index (χ1) is 11.2. The predicted molar refractivity (Wildman–Crippen MR) is 114 cm³/mol. The number of nitrogens with zero attached hydrogens (tertiary/aromatic N) is 3. The van der Waals surface area contributed by atoms with E-state index in [0.29, 0.717) is 6.04 Å². The molecular weight excluding hydrogens is 417 g/mol. The fourth-order valence-electron chi connectivity index (χ4n) is 3.01. The van der Waals surface area contributed by atoms with Gasteiger partial charge in [0, 0.05) is 45.9 Å². The van der Waals surface area contributed by atoms with Gasteiger partial charge >= 0.3 is 0 Å². The highest BCUT2D eigenvalue weighted by molar-refractivity contribution is 14.0. The van der Waals surface area contributed by atoms with Crippen LogP contribution in [0.25, 0.3) is 0 Å². The standard InChI is InChI=1S/C17H37N5O.HI/c1-5-18-17(19-10-13-21(3)11-8-14-23-4)20-15-16-9-7-12-22(16)6-2;/h16H,5-15H2,1-4H3,(H2,18,19,20);1H. The number of halogens is 1. The van der Waals surface area contributed by atoms with E-state index >= 15 is 0 Å². The van der Waals surface area contributed by atoms with Gasteiger partial charge in [0.25, 0.3) is 0 Å². The van der Waals surface area contributed by atoms with E-state index in [9.17, 15) is 0 Å². The maximum atomic E-state index is 5.09. The maximum absolute atomic E-state index is 5.09. The molecule has 0 radical (unpaired) electrons. The lowest BCUT2D eigenvalue weighted by atomic mass is 10.2. The smallest absolute Gasteiger partial charge is 0.191 e. The van der Waals surface area contributed by atoms with E-state index in [-0.39, 0.29) is 24.0 Å². The zero-order valence-electron chi connectivity index (χ0n) is 16.0. The number of methoxy groups -OCH3 is 1. The van der Waals surface area contributed by atoms with E-state index in [1.165, 1.54) is 19.4 Å². The molecule has 0 aromatic rings. The molecule has 144 valence electrons. The number of ether oxygens (including phenoxy) is 1. The van der Waals surface area contributed by atoms with Crippen molar-refractivity contribution < 1.29 is 4.74 Å². The Morgan fingerprint density at radius 1 is 1.29 bits per heavy atom. The van der Waals surface area contributed by atoms with Crippen LogP contribution < -0.4 is 10.6 Å². The summed E-state index contributed by atoms with van der Waals surface area (Å²) in [5.74, 6) is 0.945.